The second kappa shape index (κ2) is 15.0. The molecule has 8 nitrogen and oxygen atoms in total. The largest absolute Gasteiger partial charge is 0.493 e. The minimum atomic E-state index is -0.439. The van der Waals surface area contributed by atoms with Gasteiger partial charge in [0.05, 0.1) is 37.4 Å². The molecule has 0 aliphatic heterocycles. The Labute approximate surface area is 243 Å². The summed E-state index contributed by atoms with van der Waals surface area (Å²) < 4.78 is 16.0. The Morgan fingerprint density at radius 1 is 0.923 bits per heavy atom. The topological polar surface area (TPSA) is 80.3 Å². The van der Waals surface area contributed by atoms with Gasteiger partial charge in [-0.25, -0.2) is 4.79 Å². The summed E-state index contributed by atoms with van der Waals surface area (Å²) in [5.74, 6) is 1.10. The SMILES string of the molecule is COCCN(CC(=O)N(CCc1ccc(OC)c(OC)c1)Cc1sccc1C)C(=O)Nc1ccc(Cl)c(Cl)c1. The first-order valence-electron chi connectivity index (χ1n) is 12.3. The first-order chi connectivity index (χ1) is 18.7. The number of carbonyl (C=O) groups is 2. The predicted octanol–water partition coefficient (Wildman–Crippen LogP) is 6.13. The lowest BCUT2D eigenvalue weighted by Crippen LogP contribution is -2.46. The van der Waals surface area contributed by atoms with Crippen LogP contribution in [0.3, 0.4) is 0 Å². The van der Waals surface area contributed by atoms with Crippen LogP contribution in [-0.2, 0) is 22.5 Å². The molecular weight excluding hydrogens is 561 g/mol. The lowest BCUT2D eigenvalue weighted by molar-refractivity contribution is -0.132. The van der Waals surface area contributed by atoms with E-state index in [0.717, 1.165) is 16.0 Å². The molecule has 0 radical (unpaired) electrons. The molecule has 0 saturated heterocycles. The fourth-order valence-corrected chi connectivity index (χ4v) is 5.04. The molecule has 0 bridgehead atoms. The first kappa shape index (κ1) is 30.6. The molecule has 210 valence electrons. The number of halogens is 2. The third kappa shape index (κ3) is 8.76. The zero-order valence-electron chi connectivity index (χ0n) is 22.5. The van der Waals surface area contributed by atoms with Crippen molar-refractivity contribution in [1.29, 1.82) is 0 Å². The maximum Gasteiger partial charge on any atom is 0.322 e. The lowest BCUT2D eigenvalue weighted by atomic mass is 10.1. The van der Waals surface area contributed by atoms with Crippen LogP contribution in [0, 0.1) is 6.92 Å². The van der Waals surface area contributed by atoms with Gasteiger partial charge in [0.25, 0.3) is 0 Å². The fourth-order valence-electron chi connectivity index (χ4n) is 3.83. The van der Waals surface area contributed by atoms with Gasteiger partial charge in [0.1, 0.15) is 6.54 Å². The van der Waals surface area contributed by atoms with Gasteiger partial charge < -0.3 is 29.3 Å². The Bertz CT molecular complexity index is 1270. The molecular formula is C28H33Cl2N3O5S. The Morgan fingerprint density at radius 2 is 1.69 bits per heavy atom. The van der Waals surface area contributed by atoms with Gasteiger partial charge in [0.15, 0.2) is 11.5 Å². The van der Waals surface area contributed by atoms with Crippen LogP contribution in [0.4, 0.5) is 10.5 Å². The number of rotatable bonds is 13. The number of thiophene rings is 1. The van der Waals surface area contributed by atoms with E-state index in [-0.39, 0.29) is 25.6 Å². The van der Waals surface area contributed by atoms with Gasteiger partial charge in [-0.15, -0.1) is 11.3 Å². The molecule has 0 aliphatic rings. The number of urea groups is 1. The van der Waals surface area contributed by atoms with E-state index in [1.54, 1.807) is 55.8 Å². The molecule has 1 N–H and O–H groups in total. The molecule has 0 spiro atoms. The first-order valence-corrected chi connectivity index (χ1v) is 13.9. The molecule has 3 amide bonds. The fraction of sp³-hybridized carbons (Fsp3) is 0.357. The molecule has 3 aromatic rings. The molecule has 0 fully saturated rings. The third-order valence-electron chi connectivity index (χ3n) is 6.12. The average molecular weight is 595 g/mol. The van der Waals surface area contributed by atoms with Crippen LogP contribution in [-0.4, -0.2) is 69.3 Å². The summed E-state index contributed by atoms with van der Waals surface area (Å²) in [6, 6.07) is 12.1. The van der Waals surface area contributed by atoms with Gasteiger partial charge in [-0.05, 0) is 66.2 Å². The maximum atomic E-state index is 13.6. The van der Waals surface area contributed by atoms with E-state index in [1.165, 1.54) is 4.90 Å². The zero-order valence-corrected chi connectivity index (χ0v) is 24.8. The number of carbonyl (C=O) groups excluding carboxylic acids is 2. The Hall–Kier alpha value is -2.98. The van der Waals surface area contributed by atoms with E-state index < -0.39 is 6.03 Å². The average Bonchev–Trinajstić information content (AvgIpc) is 3.34. The maximum absolute atomic E-state index is 13.6. The highest BCUT2D eigenvalue weighted by molar-refractivity contribution is 7.10. The second-order valence-corrected chi connectivity index (χ2v) is 10.6. The second-order valence-electron chi connectivity index (χ2n) is 8.75. The molecule has 0 saturated carbocycles. The molecule has 0 unspecified atom stereocenters. The predicted molar refractivity (Wildman–Crippen MR) is 157 cm³/mol. The highest BCUT2D eigenvalue weighted by Gasteiger charge is 2.23. The number of amides is 3. The summed E-state index contributed by atoms with van der Waals surface area (Å²) in [6.07, 6.45) is 0.601. The van der Waals surface area contributed by atoms with Crippen molar-refractivity contribution in [3.05, 3.63) is 73.9 Å². The smallest absolute Gasteiger partial charge is 0.322 e. The third-order valence-corrected chi connectivity index (χ3v) is 7.87. The van der Waals surface area contributed by atoms with Crippen molar-refractivity contribution in [2.45, 2.75) is 19.9 Å². The summed E-state index contributed by atoms with van der Waals surface area (Å²) in [6.45, 7) is 3.32. The highest BCUT2D eigenvalue weighted by Crippen LogP contribution is 2.28. The van der Waals surface area contributed by atoms with Crippen LogP contribution in [0.2, 0.25) is 10.0 Å². The van der Waals surface area contributed by atoms with Crippen molar-refractivity contribution in [2.75, 3.05) is 52.9 Å². The molecule has 0 aliphatic carbocycles. The van der Waals surface area contributed by atoms with Gasteiger partial charge >= 0.3 is 6.03 Å². The standard InChI is InChI=1S/C28H33Cl2N3O5S/c1-19-10-14-39-26(19)17-32(11-9-20-5-8-24(37-3)25(15-20)38-4)27(34)18-33(12-13-36-2)28(35)31-21-6-7-22(29)23(30)16-21/h5-8,10,14-16H,9,11-13,17-18H2,1-4H3,(H,31,35). The summed E-state index contributed by atoms with van der Waals surface area (Å²) >= 11 is 13.7. The van der Waals surface area contributed by atoms with Gasteiger partial charge in [-0.3, -0.25) is 4.79 Å². The van der Waals surface area contributed by atoms with Crippen molar-refractivity contribution in [2.24, 2.45) is 0 Å². The minimum absolute atomic E-state index is 0.118. The number of hydrogen-bond donors (Lipinski definition) is 1. The molecule has 0 atom stereocenters. The van der Waals surface area contributed by atoms with E-state index in [2.05, 4.69) is 5.32 Å². The molecule has 1 aromatic heterocycles. The number of anilines is 1. The molecule has 11 heteroatoms. The van der Waals surface area contributed by atoms with E-state index in [0.29, 0.717) is 46.7 Å². The van der Waals surface area contributed by atoms with Crippen LogP contribution < -0.4 is 14.8 Å². The quantitative estimate of drug-likeness (QED) is 0.258. The normalized spacial score (nSPS) is 10.7. The summed E-state index contributed by atoms with van der Waals surface area (Å²) in [5, 5.41) is 5.51. The summed E-state index contributed by atoms with van der Waals surface area (Å²) in [7, 11) is 4.73. The van der Waals surface area contributed by atoms with E-state index in [1.807, 2.05) is 36.6 Å². The van der Waals surface area contributed by atoms with E-state index in [4.69, 9.17) is 37.4 Å². The minimum Gasteiger partial charge on any atom is -0.493 e. The van der Waals surface area contributed by atoms with Crippen molar-refractivity contribution in [3.63, 3.8) is 0 Å². The summed E-state index contributed by atoms with van der Waals surface area (Å²) in [4.78, 5) is 31.1. The van der Waals surface area contributed by atoms with Gasteiger partial charge in [-0.1, -0.05) is 29.3 Å². The number of aryl methyl sites for hydroxylation is 1. The molecule has 39 heavy (non-hydrogen) atoms. The number of ether oxygens (including phenoxy) is 3. The number of nitrogens with one attached hydrogen (secondary N) is 1. The molecule has 1 heterocycles. The Kier molecular flexibility index (Phi) is 11.7. The van der Waals surface area contributed by atoms with Crippen molar-refractivity contribution >= 4 is 52.2 Å². The number of methoxy groups -OCH3 is 3. The van der Waals surface area contributed by atoms with Crippen molar-refractivity contribution in [3.8, 4) is 11.5 Å². The van der Waals surface area contributed by atoms with Crippen molar-refractivity contribution in [1.82, 2.24) is 9.80 Å². The lowest BCUT2D eigenvalue weighted by Gasteiger charge is -2.28. The van der Waals surface area contributed by atoms with Crippen LogP contribution >= 0.6 is 34.5 Å². The van der Waals surface area contributed by atoms with Gasteiger partial charge in [-0.2, -0.15) is 0 Å². The number of benzene rings is 2. The van der Waals surface area contributed by atoms with Crippen LogP contribution in [0.15, 0.2) is 47.8 Å². The Balaban J connectivity index is 1.77. The zero-order chi connectivity index (χ0) is 28.4. The molecule has 2 aromatic carbocycles. The van der Waals surface area contributed by atoms with Gasteiger partial charge in [0.2, 0.25) is 5.91 Å². The van der Waals surface area contributed by atoms with Crippen molar-refractivity contribution < 1.29 is 23.8 Å². The van der Waals surface area contributed by atoms with Crippen LogP contribution in [0.25, 0.3) is 0 Å². The van der Waals surface area contributed by atoms with E-state index in [9.17, 15) is 9.59 Å². The van der Waals surface area contributed by atoms with Gasteiger partial charge in [0, 0.05) is 30.8 Å². The number of nitrogens with zero attached hydrogens (tertiary/aromatic N) is 2. The summed E-state index contributed by atoms with van der Waals surface area (Å²) in [5.41, 5.74) is 2.60. The Morgan fingerprint density at radius 3 is 2.33 bits per heavy atom. The van der Waals surface area contributed by atoms with E-state index >= 15 is 0 Å². The highest BCUT2D eigenvalue weighted by atomic mass is 35.5. The van der Waals surface area contributed by atoms with Crippen LogP contribution in [0.5, 0.6) is 11.5 Å². The number of hydrogen-bond acceptors (Lipinski definition) is 6. The molecule has 3 rings (SSSR count). The van der Waals surface area contributed by atoms with Crippen LogP contribution in [0.1, 0.15) is 16.0 Å². The monoisotopic (exact) mass is 593 g/mol.